The largest absolute Gasteiger partial charge is 0.383 e. The minimum absolute atomic E-state index is 0.0955. The molecule has 20 heavy (non-hydrogen) atoms. The van der Waals surface area contributed by atoms with Gasteiger partial charge in [0.15, 0.2) is 0 Å². The molecule has 2 aromatic rings. The number of hydrogen-bond donors (Lipinski definition) is 2. The van der Waals surface area contributed by atoms with Crippen LogP contribution in [0.5, 0.6) is 0 Å². The average Bonchev–Trinajstić information content (AvgIpc) is 2.91. The van der Waals surface area contributed by atoms with Gasteiger partial charge in [0.2, 0.25) is 5.91 Å². The SMILES string of the molecule is CC(O)(CNC(=O)Cc1cccc(F)c1)c1cccs1. The zero-order chi connectivity index (χ0) is 14.6. The summed E-state index contributed by atoms with van der Waals surface area (Å²) >= 11 is 1.44. The zero-order valence-corrected chi connectivity index (χ0v) is 11.9. The molecule has 1 amide bonds. The van der Waals surface area contributed by atoms with E-state index in [2.05, 4.69) is 5.32 Å². The van der Waals surface area contributed by atoms with Gasteiger partial charge in [-0.05, 0) is 36.1 Å². The lowest BCUT2D eigenvalue weighted by Crippen LogP contribution is -2.38. The fourth-order valence-corrected chi connectivity index (χ4v) is 2.62. The van der Waals surface area contributed by atoms with Crippen LogP contribution in [-0.4, -0.2) is 17.6 Å². The molecule has 1 atom stereocenters. The van der Waals surface area contributed by atoms with Crippen LogP contribution in [-0.2, 0) is 16.8 Å². The standard InChI is InChI=1S/C15H16FNO2S/c1-15(19,13-6-3-7-20-13)10-17-14(18)9-11-4-2-5-12(16)8-11/h2-8,19H,9-10H2,1H3,(H,17,18). The van der Waals surface area contributed by atoms with Crippen molar-refractivity contribution < 1.29 is 14.3 Å². The summed E-state index contributed by atoms with van der Waals surface area (Å²) in [6.07, 6.45) is 0.0955. The summed E-state index contributed by atoms with van der Waals surface area (Å²) in [5.74, 6) is -0.603. The van der Waals surface area contributed by atoms with Gasteiger partial charge in [-0.15, -0.1) is 11.3 Å². The van der Waals surface area contributed by atoms with Crippen LogP contribution in [0.1, 0.15) is 17.4 Å². The van der Waals surface area contributed by atoms with Crippen LogP contribution in [0.25, 0.3) is 0 Å². The molecular formula is C15H16FNO2S. The topological polar surface area (TPSA) is 49.3 Å². The molecule has 0 fully saturated rings. The lowest BCUT2D eigenvalue weighted by atomic mass is 10.0. The Bertz CT molecular complexity index is 581. The number of aliphatic hydroxyl groups is 1. The number of hydrogen-bond acceptors (Lipinski definition) is 3. The minimum Gasteiger partial charge on any atom is -0.383 e. The van der Waals surface area contributed by atoms with Crippen LogP contribution in [0.4, 0.5) is 4.39 Å². The van der Waals surface area contributed by atoms with Gasteiger partial charge in [0.25, 0.3) is 0 Å². The Morgan fingerprint density at radius 2 is 2.20 bits per heavy atom. The number of halogens is 1. The number of carbonyl (C=O) groups excluding carboxylic acids is 1. The lowest BCUT2D eigenvalue weighted by Gasteiger charge is -2.22. The Labute approximate surface area is 121 Å². The lowest BCUT2D eigenvalue weighted by molar-refractivity contribution is -0.121. The van der Waals surface area contributed by atoms with Gasteiger partial charge >= 0.3 is 0 Å². The number of benzene rings is 1. The summed E-state index contributed by atoms with van der Waals surface area (Å²) in [6.45, 7) is 1.78. The molecule has 1 aromatic carbocycles. The van der Waals surface area contributed by atoms with E-state index in [0.717, 1.165) is 4.88 Å². The number of thiophene rings is 1. The van der Waals surface area contributed by atoms with Crippen LogP contribution in [0, 0.1) is 5.82 Å². The van der Waals surface area contributed by atoms with Crippen LogP contribution >= 0.6 is 11.3 Å². The summed E-state index contributed by atoms with van der Waals surface area (Å²) in [6, 6.07) is 9.60. The first kappa shape index (κ1) is 14.7. The number of nitrogens with one attached hydrogen (secondary N) is 1. The predicted octanol–water partition coefficient (Wildman–Crippen LogP) is 2.45. The second-order valence-electron chi connectivity index (χ2n) is 4.83. The molecule has 106 valence electrons. The number of rotatable bonds is 5. The van der Waals surface area contributed by atoms with Gasteiger partial charge in [-0.25, -0.2) is 4.39 Å². The van der Waals surface area contributed by atoms with E-state index < -0.39 is 5.60 Å². The Kier molecular flexibility index (Phi) is 4.52. The van der Waals surface area contributed by atoms with Gasteiger partial charge in [0.1, 0.15) is 11.4 Å². The molecular weight excluding hydrogens is 277 g/mol. The van der Waals surface area contributed by atoms with Gasteiger partial charge in [0, 0.05) is 4.88 Å². The molecule has 3 nitrogen and oxygen atoms in total. The van der Waals surface area contributed by atoms with Gasteiger partial charge in [0.05, 0.1) is 13.0 Å². The molecule has 0 bridgehead atoms. The summed E-state index contributed by atoms with van der Waals surface area (Å²) in [7, 11) is 0. The van der Waals surface area contributed by atoms with Crippen LogP contribution < -0.4 is 5.32 Å². The van der Waals surface area contributed by atoms with Gasteiger partial charge in [-0.3, -0.25) is 4.79 Å². The number of carbonyl (C=O) groups is 1. The van der Waals surface area contributed by atoms with E-state index in [1.54, 1.807) is 19.1 Å². The van der Waals surface area contributed by atoms with Crippen molar-refractivity contribution >= 4 is 17.2 Å². The van der Waals surface area contributed by atoms with Gasteiger partial charge in [-0.1, -0.05) is 18.2 Å². The summed E-state index contributed by atoms with van der Waals surface area (Å²) in [4.78, 5) is 12.6. The van der Waals surface area contributed by atoms with Crippen molar-refractivity contribution in [2.24, 2.45) is 0 Å². The summed E-state index contributed by atoms with van der Waals surface area (Å²) in [5.41, 5.74) is -0.482. The molecule has 0 spiro atoms. The van der Waals surface area contributed by atoms with E-state index in [1.165, 1.54) is 23.5 Å². The smallest absolute Gasteiger partial charge is 0.224 e. The maximum Gasteiger partial charge on any atom is 0.224 e. The Morgan fingerprint density at radius 1 is 1.40 bits per heavy atom. The van der Waals surface area contributed by atoms with Crippen LogP contribution in [0.15, 0.2) is 41.8 Å². The predicted molar refractivity (Wildman–Crippen MR) is 77.0 cm³/mol. The van der Waals surface area contributed by atoms with Crippen molar-refractivity contribution in [3.63, 3.8) is 0 Å². The molecule has 1 unspecified atom stereocenters. The molecule has 0 radical (unpaired) electrons. The molecule has 0 saturated heterocycles. The van der Waals surface area contributed by atoms with Crippen molar-refractivity contribution in [3.05, 3.63) is 58.0 Å². The molecule has 0 aliphatic rings. The maximum atomic E-state index is 13.0. The van der Waals surface area contributed by atoms with Crippen molar-refractivity contribution in [2.75, 3.05) is 6.54 Å². The fourth-order valence-electron chi connectivity index (χ4n) is 1.84. The van der Waals surface area contributed by atoms with E-state index in [-0.39, 0.29) is 24.7 Å². The quantitative estimate of drug-likeness (QED) is 0.889. The molecule has 0 saturated carbocycles. The van der Waals surface area contributed by atoms with E-state index in [9.17, 15) is 14.3 Å². The average molecular weight is 293 g/mol. The first-order chi connectivity index (χ1) is 9.47. The molecule has 5 heteroatoms. The molecule has 1 heterocycles. The second kappa shape index (κ2) is 6.15. The molecule has 2 rings (SSSR count). The Morgan fingerprint density at radius 3 is 2.85 bits per heavy atom. The monoisotopic (exact) mass is 293 g/mol. The highest BCUT2D eigenvalue weighted by atomic mass is 32.1. The third kappa shape index (κ3) is 3.88. The highest BCUT2D eigenvalue weighted by molar-refractivity contribution is 7.10. The van der Waals surface area contributed by atoms with Gasteiger partial charge < -0.3 is 10.4 Å². The molecule has 2 N–H and O–H groups in total. The van der Waals surface area contributed by atoms with Gasteiger partial charge in [-0.2, -0.15) is 0 Å². The summed E-state index contributed by atoms with van der Waals surface area (Å²) < 4.78 is 13.0. The van der Waals surface area contributed by atoms with E-state index in [0.29, 0.717) is 5.56 Å². The fraction of sp³-hybridized carbons (Fsp3) is 0.267. The van der Waals surface area contributed by atoms with Crippen molar-refractivity contribution in [2.45, 2.75) is 18.9 Å². The van der Waals surface area contributed by atoms with Crippen molar-refractivity contribution in [1.82, 2.24) is 5.32 Å². The third-order valence-corrected chi connectivity index (χ3v) is 4.06. The second-order valence-corrected chi connectivity index (χ2v) is 5.78. The Balaban J connectivity index is 1.89. The molecule has 0 aliphatic carbocycles. The van der Waals surface area contributed by atoms with E-state index in [1.807, 2.05) is 17.5 Å². The van der Waals surface area contributed by atoms with E-state index in [4.69, 9.17) is 0 Å². The summed E-state index contributed by atoms with van der Waals surface area (Å²) in [5, 5.41) is 14.8. The van der Waals surface area contributed by atoms with Crippen LogP contribution in [0.3, 0.4) is 0 Å². The maximum absolute atomic E-state index is 13.0. The van der Waals surface area contributed by atoms with E-state index >= 15 is 0 Å². The highest BCUT2D eigenvalue weighted by Gasteiger charge is 2.24. The van der Waals surface area contributed by atoms with Crippen molar-refractivity contribution in [3.8, 4) is 0 Å². The van der Waals surface area contributed by atoms with Crippen molar-refractivity contribution in [1.29, 1.82) is 0 Å². The zero-order valence-electron chi connectivity index (χ0n) is 11.1. The Hall–Kier alpha value is -1.72. The first-order valence-electron chi connectivity index (χ1n) is 6.25. The molecule has 1 aromatic heterocycles. The first-order valence-corrected chi connectivity index (χ1v) is 7.13. The molecule has 0 aliphatic heterocycles. The third-order valence-electron chi connectivity index (χ3n) is 2.94. The number of amides is 1. The minimum atomic E-state index is -1.09. The normalized spacial score (nSPS) is 13.8. The highest BCUT2D eigenvalue weighted by Crippen LogP contribution is 2.24. The van der Waals surface area contributed by atoms with Crippen LogP contribution in [0.2, 0.25) is 0 Å².